The Labute approximate surface area is 127 Å². The Bertz CT molecular complexity index is 542. The molecule has 0 aromatic heterocycles. The van der Waals surface area contributed by atoms with Gasteiger partial charge in [-0.25, -0.2) is 0 Å². The number of methoxy groups -OCH3 is 1. The van der Waals surface area contributed by atoms with Gasteiger partial charge < -0.3 is 14.7 Å². The number of phenols is 1. The summed E-state index contributed by atoms with van der Waals surface area (Å²) >= 11 is 0. The highest BCUT2D eigenvalue weighted by atomic mass is 16.5. The molecule has 0 heterocycles. The number of nitrogens with zero attached hydrogens (tertiary/aromatic N) is 1. The van der Waals surface area contributed by atoms with E-state index in [0.29, 0.717) is 11.8 Å². The van der Waals surface area contributed by atoms with Gasteiger partial charge in [0.05, 0.1) is 6.61 Å². The van der Waals surface area contributed by atoms with Crippen LogP contribution >= 0.6 is 0 Å². The van der Waals surface area contributed by atoms with Crippen LogP contribution < -0.4 is 0 Å². The first-order chi connectivity index (χ1) is 9.90. The van der Waals surface area contributed by atoms with Gasteiger partial charge >= 0.3 is 0 Å². The zero-order chi connectivity index (χ0) is 15.3. The summed E-state index contributed by atoms with van der Waals surface area (Å²) in [6, 6.07) is 6.49. The van der Waals surface area contributed by atoms with Gasteiger partial charge in [0.1, 0.15) is 5.75 Å². The van der Waals surface area contributed by atoms with Gasteiger partial charge in [-0.1, -0.05) is 13.0 Å². The van der Waals surface area contributed by atoms with E-state index < -0.39 is 0 Å². The molecule has 2 bridgehead atoms. The topological polar surface area (TPSA) is 32.7 Å². The molecule has 0 saturated heterocycles. The van der Waals surface area contributed by atoms with Crippen LogP contribution in [0.5, 0.6) is 5.75 Å². The van der Waals surface area contributed by atoms with Crippen molar-refractivity contribution in [1.82, 2.24) is 4.90 Å². The number of rotatable bonds is 3. The van der Waals surface area contributed by atoms with Crippen molar-refractivity contribution < 1.29 is 9.84 Å². The van der Waals surface area contributed by atoms with Crippen LogP contribution in [-0.2, 0) is 16.6 Å². The van der Waals surface area contributed by atoms with E-state index in [2.05, 4.69) is 32.0 Å². The minimum Gasteiger partial charge on any atom is -0.508 e. The van der Waals surface area contributed by atoms with Crippen LogP contribution in [0.25, 0.3) is 0 Å². The van der Waals surface area contributed by atoms with Crippen LogP contribution in [0.2, 0.25) is 0 Å². The molecule has 3 atom stereocenters. The molecule has 3 rings (SSSR count). The van der Waals surface area contributed by atoms with Gasteiger partial charge in [-0.3, -0.25) is 0 Å². The lowest BCUT2D eigenvalue weighted by Crippen LogP contribution is -2.58. The van der Waals surface area contributed by atoms with Gasteiger partial charge in [-0.2, -0.15) is 0 Å². The second-order valence-corrected chi connectivity index (χ2v) is 7.57. The Hall–Kier alpha value is -1.06. The molecule has 3 unspecified atom stereocenters. The zero-order valence-electron chi connectivity index (χ0n) is 13.6. The van der Waals surface area contributed by atoms with E-state index >= 15 is 0 Å². The minimum absolute atomic E-state index is 0.164. The lowest BCUT2D eigenvalue weighted by molar-refractivity contribution is -0.0467. The summed E-state index contributed by atoms with van der Waals surface area (Å²) in [7, 11) is 6.20. The number of ether oxygens (including phenoxy) is 1. The van der Waals surface area contributed by atoms with Gasteiger partial charge in [0.25, 0.3) is 0 Å². The number of phenolic OH excluding ortho intramolecular Hbond substituents is 1. The summed E-state index contributed by atoms with van der Waals surface area (Å²) in [5.41, 5.74) is 3.10. The Balaban J connectivity index is 2.10. The molecule has 0 spiro atoms. The molecule has 3 nitrogen and oxygen atoms in total. The molecule has 3 heteroatoms. The monoisotopic (exact) mass is 289 g/mol. The van der Waals surface area contributed by atoms with Crippen LogP contribution in [0.4, 0.5) is 0 Å². The highest BCUT2D eigenvalue weighted by Crippen LogP contribution is 2.56. The molecule has 0 radical (unpaired) electrons. The molecule has 116 valence electrons. The molecule has 1 N–H and O–H groups in total. The fourth-order valence-corrected chi connectivity index (χ4v) is 5.11. The van der Waals surface area contributed by atoms with E-state index in [1.807, 2.05) is 19.2 Å². The van der Waals surface area contributed by atoms with Crippen molar-refractivity contribution in [3.8, 4) is 5.75 Å². The third kappa shape index (κ3) is 2.27. The van der Waals surface area contributed by atoms with Gasteiger partial charge in [0, 0.05) is 18.6 Å². The highest BCUT2D eigenvalue weighted by molar-refractivity contribution is 5.44. The summed E-state index contributed by atoms with van der Waals surface area (Å²) in [4.78, 5) is 2.38. The number of benzene rings is 1. The quantitative estimate of drug-likeness (QED) is 0.928. The van der Waals surface area contributed by atoms with Crippen LogP contribution in [0.3, 0.4) is 0 Å². The molecule has 2 aliphatic carbocycles. The van der Waals surface area contributed by atoms with Crippen molar-refractivity contribution in [3.05, 3.63) is 29.3 Å². The standard InChI is InChI=1S/C18H27NO2/c1-17-8-7-16(19(2)3)18(11-17,12-21-4)10-13-5-6-14(20)9-15(13)17/h5-6,9,16,20H,7-8,10-12H2,1-4H3. The highest BCUT2D eigenvalue weighted by Gasteiger charge is 2.53. The summed E-state index contributed by atoms with van der Waals surface area (Å²) in [5, 5.41) is 9.87. The Kier molecular flexibility index (Phi) is 3.53. The Morgan fingerprint density at radius 2 is 2.14 bits per heavy atom. The zero-order valence-corrected chi connectivity index (χ0v) is 13.6. The predicted molar refractivity (Wildman–Crippen MR) is 84.8 cm³/mol. The van der Waals surface area contributed by atoms with Crippen LogP contribution in [-0.4, -0.2) is 43.9 Å². The maximum Gasteiger partial charge on any atom is 0.115 e. The van der Waals surface area contributed by atoms with Crippen LogP contribution in [0, 0.1) is 5.41 Å². The maximum atomic E-state index is 9.87. The first-order valence-corrected chi connectivity index (χ1v) is 7.88. The Morgan fingerprint density at radius 1 is 1.38 bits per heavy atom. The van der Waals surface area contributed by atoms with Gasteiger partial charge in [-0.15, -0.1) is 0 Å². The Morgan fingerprint density at radius 3 is 2.81 bits per heavy atom. The smallest absolute Gasteiger partial charge is 0.115 e. The number of aromatic hydroxyl groups is 1. The average molecular weight is 289 g/mol. The first kappa shape index (κ1) is 14.9. The van der Waals surface area contributed by atoms with Crippen molar-refractivity contribution >= 4 is 0 Å². The van der Waals surface area contributed by atoms with Crippen molar-refractivity contribution in [1.29, 1.82) is 0 Å². The normalized spacial score (nSPS) is 34.8. The first-order valence-electron chi connectivity index (χ1n) is 7.88. The predicted octanol–water partition coefficient (Wildman–Crippen LogP) is 2.95. The van der Waals surface area contributed by atoms with Crippen LogP contribution in [0.15, 0.2) is 18.2 Å². The number of hydrogen-bond acceptors (Lipinski definition) is 3. The third-order valence-corrected chi connectivity index (χ3v) is 5.76. The SMILES string of the molecule is COCC12Cc3ccc(O)cc3C(C)(CCC1N(C)C)C2. The fraction of sp³-hybridized carbons (Fsp3) is 0.667. The molecule has 1 saturated carbocycles. The van der Waals surface area contributed by atoms with Gasteiger partial charge in [-0.05, 0) is 68.5 Å². The molecule has 1 fully saturated rings. The molecule has 21 heavy (non-hydrogen) atoms. The second-order valence-electron chi connectivity index (χ2n) is 7.57. The molecule has 1 aromatic carbocycles. The third-order valence-electron chi connectivity index (χ3n) is 5.76. The van der Waals surface area contributed by atoms with Crippen LogP contribution in [0.1, 0.15) is 37.3 Å². The molecule has 1 aromatic rings. The lowest BCUT2D eigenvalue weighted by Gasteiger charge is -2.57. The second kappa shape index (κ2) is 4.99. The molecule has 0 amide bonds. The summed E-state index contributed by atoms with van der Waals surface area (Å²) < 4.78 is 5.65. The van der Waals surface area contributed by atoms with E-state index in [1.165, 1.54) is 24.0 Å². The van der Waals surface area contributed by atoms with E-state index in [0.717, 1.165) is 19.4 Å². The van der Waals surface area contributed by atoms with E-state index in [4.69, 9.17) is 4.74 Å². The molecule has 2 aliphatic rings. The molecular weight excluding hydrogens is 262 g/mol. The number of fused-ring (bicyclic) bond motifs is 4. The molecular formula is C18H27NO2. The van der Waals surface area contributed by atoms with E-state index in [1.54, 1.807) is 0 Å². The largest absolute Gasteiger partial charge is 0.508 e. The van der Waals surface area contributed by atoms with E-state index in [-0.39, 0.29) is 10.8 Å². The van der Waals surface area contributed by atoms with Crippen molar-refractivity contribution in [2.75, 3.05) is 27.8 Å². The van der Waals surface area contributed by atoms with Crippen molar-refractivity contribution in [2.45, 2.75) is 44.1 Å². The van der Waals surface area contributed by atoms with Crippen molar-refractivity contribution in [2.24, 2.45) is 5.41 Å². The summed E-state index contributed by atoms with van der Waals surface area (Å²) in [6.45, 7) is 3.17. The number of hydrogen-bond donors (Lipinski definition) is 1. The van der Waals surface area contributed by atoms with E-state index in [9.17, 15) is 5.11 Å². The average Bonchev–Trinajstić information content (AvgIpc) is 2.39. The van der Waals surface area contributed by atoms with Gasteiger partial charge in [0.15, 0.2) is 0 Å². The minimum atomic E-state index is 0.164. The summed E-state index contributed by atoms with van der Waals surface area (Å²) in [5.74, 6) is 0.393. The fourth-order valence-electron chi connectivity index (χ4n) is 5.11. The molecule has 0 aliphatic heterocycles. The summed E-state index contributed by atoms with van der Waals surface area (Å²) in [6.07, 6.45) is 4.57. The lowest BCUT2D eigenvalue weighted by atomic mass is 9.52. The van der Waals surface area contributed by atoms with Crippen molar-refractivity contribution in [3.63, 3.8) is 0 Å². The van der Waals surface area contributed by atoms with Gasteiger partial charge in [0.2, 0.25) is 0 Å². The maximum absolute atomic E-state index is 9.87.